The number of pyridine rings is 1. The van der Waals surface area contributed by atoms with Crippen LogP contribution in [0.2, 0.25) is 0 Å². The number of nitrogens with zero attached hydrogens (tertiary/aromatic N) is 3. The number of amides is 2. The van der Waals surface area contributed by atoms with Gasteiger partial charge < -0.3 is 26.8 Å². The summed E-state index contributed by atoms with van der Waals surface area (Å²) in [5.74, 6) is -0.343. The van der Waals surface area contributed by atoms with Gasteiger partial charge in [-0.15, -0.1) is 5.10 Å². The van der Waals surface area contributed by atoms with Crippen LogP contribution < -0.4 is 21.7 Å². The van der Waals surface area contributed by atoms with Crippen molar-refractivity contribution in [3.8, 4) is 11.1 Å². The molecule has 3 aromatic rings. The number of benzene rings is 1. The average molecular weight is 596 g/mol. The number of aryl methyl sites for hydroxylation is 1. The first-order valence-corrected chi connectivity index (χ1v) is 13.6. The Balaban J connectivity index is 1.68. The van der Waals surface area contributed by atoms with Gasteiger partial charge in [0.1, 0.15) is 5.82 Å². The number of aliphatic hydroxyl groups excluding tert-OH is 1. The minimum atomic E-state index is -4.67. The monoisotopic (exact) mass is 595 g/mol. The van der Waals surface area contributed by atoms with Crippen LogP contribution >= 0.6 is 0 Å². The van der Waals surface area contributed by atoms with E-state index < -0.39 is 23.3 Å². The second kappa shape index (κ2) is 13.5. The quantitative estimate of drug-likeness (QED) is 0.206. The van der Waals surface area contributed by atoms with E-state index in [4.69, 9.17) is 5.73 Å². The molecular formula is C30H32F3N7O3. The highest BCUT2D eigenvalue weighted by Crippen LogP contribution is 2.32. The van der Waals surface area contributed by atoms with E-state index in [1.807, 2.05) is 26.0 Å². The molecule has 0 aliphatic heterocycles. The maximum absolute atomic E-state index is 13.1. The summed E-state index contributed by atoms with van der Waals surface area (Å²) in [6.07, 6.45) is 2.52. The number of aromatic nitrogens is 3. The molecule has 0 bridgehead atoms. The van der Waals surface area contributed by atoms with Crippen LogP contribution in [-0.2, 0) is 11.0 Å². The van der Waals surface area contributed by atoms with Gasteiger partial charge >= 0.3 is 6.18 Å². The summed E-state index contributed by atoms with van der Waals surface area (Å²) in [7, 11) is 0. The summed E-state index contributed by atoms with van der Waals surface area (Å²) >= 11 is 0. The van der Waals surface area contributed by atoms with Gasteiger partial charge in [0.2, 0.25) is 5.91 Å². The summed E-state index contributed by atoms with van der Waals surface area (Å²) in [4.78, 5) is 29.7. The van der Waals surface area contributed by atoms with Crippen molar-refractivity contribution in [3.05, 3.63) is 83.5 Å². The van der Waals surface area contributed by atoms with Crippen LogP contribution in [0.1, 0.15) is 47.1 Å². The number of hydrogen-bond donors (Lipinski definition) is 5. The van der Waals surface area contributed by atoms with E-state index in [2.05, 4.69) is 31.1 Å². The topological polar surface area (TPSA) is 155 Å². The fraction of sp³-hybridized carbons (Fsp3) is 0.300. The van der Waals surface area contributed by atoms with Gasteiger partial charge in [-0.25, -0.2) is 4.98 Å². The Kier molecular flexibility index (Phi) is 9.76. The van der Waals surface area contributed by atoms with Gasteiger partial charge in [-0.3, -0.25) is 9.59 Å². The predicted octanol–water partition coefficient (Wildman–Crippen LogP) is 4.29. The van der Waals surface area contributed by atoms with E-state index in [1.165, 1.54) is 6.20 Å². The predicted molar refractivity (Wildman–Crippen MR) is 157 cm³/mol. The number of nitrogens with two attached hydrogens (primary N) is 1. The lowest BCUT2D eigenvalue weighted by atomic mass is 9.97. The van der Waals surface area contributed by atoms with Gasteiger partial charge in [0.05, 0.1) is 24.1 Å². The van der Waals surface area contributed by atoms with Crippen LogP contribution in [0.3, 0.4) is 0 Å². The lowest BCUT2D eigenvalue weighted by molar-refractivity contribution is -0.138. The fourth-order valence-electron chi connectivity index (χ4n) is 4.28. The molecule has 6 N–H and O–H groups in total. The van der Waals surface area contributed by atoms with E-state index in [0.717, 1.165) is 18.4 Å². The standard InChI is InChI=1S/C30H32F3N7O3/c1-17-3-6-23(38-29(43)26-14-22(16-36-40-26)30(31,32)33)15-24(17)21-12-25(39-27(13-21)35-9-10-41)20(7-8-34)11-18(2)37-28(42)19-4-5-19/h3,6-8,11-16,18-19,41H,4-5,9-10,34H2,1-2H3,(H,35,39)(H,37,42)(H,38,43)/b8-7-,20-11+. The van der Waals surface area contributed by atoms with Crippen molar-refractivity contribution < 1.29 is 27.9 Å². The molecule has 1 aliphatic rings. The Morgan fingerprint density at radius 2 is 1.93 bits per heavy atom. The normalized spacial score (nSPS) is 14.4. The molecule has 1 unspecified atom stereocenters. The Morgan fingerprint density at radius 1 is 1.16 bits per heavy atom. The number of rotatable bonds is 11. The average Bonchev–Trinajstić information content (AvgIpc) is 3.82. The van der Waals surface area contributed by atoms with E-state index >= 15 is 0 Å². The van der Waals surface area contributed by atoms with Gasteiger partial charge in [-0.2, -0.15) is 18.3 Å². The van der Waals surface area contributed by atoms with Gasteiger partial charge in [-0.05, 0) is 91.6 Å². The highest BCUT2D eigenvalue weighted by atomic mass is 19.4. The summed E-state index contributed by atoms with van der Waals surface area (Å²) < 4.78 is 39.3. The lowest BCUT2D eigenvalue weighted by Crippen LogP contribution is -2.32. The fourth-order valence-corrected chi connectivity index (χ4v) is 4.28. The molecule has 1 aromatic carbocycles. The first-order valence-electron chi connectivity index (χ1n) is 13.6. The van der Waals surface area contributed by atoms with Crippen molar-refractivity contribution in [2.75, 3.05) is 23.8 Å². The van der Waals surface area contributed by atoms with Crippen molar-refractivity contribution in [2.45, 2.75) is 38.9 Å². The Bertz CT molecular complexity index is 1550. The first kappa shape index (κ1) is 31.2. The highest BCUT2D eigenvalue weighted by molar-refractivity contribution is 6.03. The second-order valence-electron chi connectivity index (χ2n) is 10.1. The number of aliphatic hydroxyl groups is 1. The minimum absolute atomic E-state index is 0.00237. The zero-order chi connectivity index (χ0) is 31.1. The van der Waals surface area contributed by atoms with Crippen LogP contribution in [0.4, 0.5) is 24.7 Å². The third-order valence-electron chi connectivity index (χ3n) is 6.58. The van der Waals surface area contributed by atoms with Crippen LogP contribution in [0, 0.1) is 12.8 Å². The van der Waals surface area contributed by atoms with Crippen LogP contribution in [-0.4, -0.2) is 51.3 Å². The molecule has 1 aliphatic carbocycles. The molecular weight excluding hydrogens is 563 g/mol. The Labute approximate surface area is 246 Å². The molecule has 2 heterocycles. The van der Waals surface area contributed by atoms with Gasteiger partial charge in [-0.1, -0.05) is 12.1 Å². The molecule has 4 rings (SSSR count). The molecule has 1 atom stereocenters. The highest BCUT2D eigenvalue weighted by Gasteiger charge is 2.32. The second-order valence-corrected chi connectivity index (χ2v) is 10.1. The van der Waals surface area contributed by atoms with Crippen molar-refractivity contribution in [2.24, 2.45) is 11.7 Å². The maximum Gasteiger partial charge on any atom is 0.418 e. The van der Waals surface area contributed by atoms with E-state index in [0.29, 0.717) is 46.2 Å². The van der Waals surface area contributed by atoms with Crippen molar-refractivity contribution in [1.82, 2.24) is 20.5 Å². The molecule has 1 fully saturated rings. The van der Waals surface area contributed by atoms with E-state index in [9.17, 15) is 27.9 Å². The number of halogens is 3. The number of anilines is 2. The van der Waals surface area contributed by atoms with Gasteiger partial charge in [0, 0.05) is 24.2 Å². The molecule has 2 aromatic heterocycles. The lowest BCUT2D eigenvalue weighted by Gasteiger charge is -2.16. The smallest absolute Gasteiger partial charge is 0.405 e. The molecule has 0 saturated heterocycles. The Morgan fingerprint density at radius 3 is 2.60 bits per heavy atom. The summed E-state index contributed by atoms with van der Waals surface area (Å²) in [6.45, 7) is 3.83. The number of alkyl halides is 3. The third-order valence-corrected chi connectivity index (χ3v) is 6.58. The summed E-state index contributed by atoms with van der Waals surface area (Å²) in [5, 5.41) is 24.8. The molecule has 0 radical (unpaired) electrons. The summed E-state index contributed by atoms with van der Waals surface area (Å²) in [5.41, 5.74) is 7.91. The van der Waals surface area contributed by atoms with Crippen LogP contribution in [0.25, 0.3) is 16.7 Å². The zero-order valence-corrected chi connectivity index (χ0v) is 23.6. The van der Waals surface area contributed by atoms with Crippen molar-refractivity contribution in [1.29, 1.82) is 0 Å². The van der Waals surface area contributed by atoms with E-state index in [1.54, 1.807) is 30.3 Å². The summed E-state index contributed by atoms with van der Waals surface area (Å²) in [6, 6.07) is 8.98. The molecule has 2 amide bonds. The van der Waals surface area contributed by atoms with Gasteiger partial charge in [0.25, 0.3) is 5.91 Å². The van der Waals surface area contributed by atoms with Crippen molar-refractivity contribution in [3.63, 3.8) is 0 Å². The number of hydrogen-bond acceptors (Lipinski definition) is 8. The molecule has 43 heavy (non-hydrogen) atoms. The SMILES string of the molecule is Cc1ccc(NC(=O)c2cc(C(F)(F)F)cnn2)cc1-c1cc(NCCO)nc(C(/C=C\N)=C/C(C)NC(=O)C2CC2)c1. The minimum Gasteiger partial charge on any atom is -0.405 e. The van der Waals surface area contributed by atoms with Crippen LogP contribution in [0.15, 0.2) is 60.9 Å². The van der Waals surface area contributed by atoms with E-state index in [-0.39, 0.29) is 31.0 Å². The van der Waals surface area contributed by atoms with Crippen LogP contribution in [0.5, 0.6) is 0 Å². The number of nitrogens with one attached hydrogen (secondary N) is 3. The Hall–Kier alpha value is -4.78. The molecule has 10 nitrogen and oxygen atoms in total. The number of allylic oxidation sites excluding steroid dienone is 2. The first-order chi connectivity index (χ1) is 20.5. The maximum atomic E-state index is 13.1. The number of carbonyl (C=O) groups excluding carboxylic acids is 2. The number of carbonyl (C=O) groups is 2. The molecule has 1 saturated carbocycles. The van der Waals surface area contributed by atoms with Crippen molar-refractivity contribution >= 4 is 28.9 Å². The molecule has 226 valence electrons. The zero-order valence-electron chi connectivity index (χ0n) is 23.6. The molecule has 0 spiro atoms. The molecule has 13 heteroatoms. The largest absolute Gasteiger partial charge is 0.418 e. The van der Waals surface area contributed by atoms with Gasteiger partial charge in [0.15, 0.2) is 5.69 Å². The third kappa shape index (κ3) is 8.38.